The molecule has 2 amide bonds. The highest BCUT2D eigenvalue weighted by molar-refractivity contribution is 5.99. The number of likely N-dealkylation sites (tertiary alicyclic amines) is 1. The number of fused-ring (bicyclic) bond motifs is 1. The number of nitrogens with one attached hydrogen (secondary N) is 1. The zero-order valence-corrected chi connectivity index (χ0v) is 13.1. The molecule has 1 fully saturated rings. The van der Waals surface area contributed by atoms with Crippen LogP contribution in [0.3, 0.4) is 0 Å². The Morgan fingerprint density at radius 1 is 1.25 bits per heavy atom. The SMILES string of the molecule is O=C1COc2cc(C(=O)N3CCCC3c3ccncc3)ccc2N1. The first kappa shape index (κ1) is 14.7. The number of anilines is 1. The summed E-state index contributed by atoms with van der Waals surface area (Å²) in [7, 11) is 0. The summed E-state index contributed by atoms with van der Waals surface area (Å²) in [4.78, 5) is 30.2. The van der Waals surface area contributed by atoms with Crippen molar-refractivity contribution in [1.29, 1.82) is 0 Å². The second-order valence-corrected chi connectivity index (χ2v) is 5.98. The molecule has 1 unspecified atom stereocenters. The molecule has 0 bridgehead atoms. The third-order valence-corrected chi connectivity index (χ3v) is 4.47. The Labute approximate surface area is 139 Å². The van der Waals surface area contributed by atoms with Gasteiger partial charge in [0.1, 0.15) is 5.75 Å². The molecule has 122 valence electrons. The summed E-state index contributed by atoms with van der Waals surface area (Å²) in [5.74, 6) is 0.344. The average molecular weight is 323 g/mol. The van der Waals surface area contributed by atoms with E-state index in [1.807, 2.05) is 17.0 Å². The molecular formula is C18H17N3O3. The van der Waals surface area contributed by atoms with Gasteiger partial charge in [0.25, 0.3) is 11.8 Å². The molecule has 6 nitrogen and oxygen atoms in total. The molecule has 1 N–H and O–H groups in total. The molecule has 0 radical (unpaired) electrons. The molecule has 6 heteroatoms. The third kappa shape index (κ3) is 2.60. The predicted molar refractivity (Wildman–Crippen MR) is 87.8 cm³/mol. The van der Waals surface area contributed by atoms with Gasteiger partial charge < -0.3 is 15.0 Å². The van der Waals surface area contributed by atoms with Crippen molar-refractivity contribution in [2.45, 2.75) is 18.9 Å². The van der Waals surface area contributed by atoms with Crippen LogP contribution >= 0.6 is 0 Å². The van der Waals surface area contributed by atoms with E-state index in [0.29, 0.717) is 17.0 Å². The molecule has 1 aromatic heterocycles. The van der Waals surface area contributed by atoms with Crippen molar-refractivity contribution in [3.8, 4) is 5.75 Å². The van der Waals surface area contributed by atoms with E-state index >= 15 is 0 Å². The molecule has 1 saturated heterocycles. The molecule has 4 rings (SSSR count). The lowest BCUT2D eigenvalue weighted by Crippen LogP contribution is -2.31. The van der Waals surface area contributed by atoms with Crippen molar-refractivity contribution >= 4 is 17.5 Å². The summed E-state index contributed by atoms with van der Waals surface area (Å²) in [6.07, 6.45) is 5.45. The molecule has 2 aliphatic rings. The van der Waals surface area contributed by atoms with Crippen molar-refractivity contribution < 1.29 is 14.3 Å². The van der Waals surface area contributed by atoms with Gasteiger partial charge in [-0.1, -0.05) is 0 Å². The minimum absolute atomic E-state index is 0.0161. The number of ether oxygens (including phenoxy) is 1. The van der Waals surface area contributed by atoms with E-state index in [0.717, 1.165) is 24.9 Å². The lowest BCUT2D eigenvalue weighted by molar-refractivity contribution is -0.118. The van der Waals surface area contributed by atoms with E-state index in [1.54, 1.807) is 30.6 Å². The van der Waals surface area contributed by atoms with Gasteiger partial charge in [-0.05, 0) is 48.7 Å². The zero-order chi connectivity index (χ0) is 16.5. The van der Waals surface area contributed by atoms with Crippen LogP contribution < -0.4 is 10.1 Å². The number of hydrogen-bond acceptors (Lipinski definition) is 4. The highest BCUT2D eigenvalue weighted by Gasteiger charge is 2.31. The molecular weight excluding hydrogens is 306 g/mol. The van der Waals surface area contributed by atoms with E-state index < -0.39 is 0 Å². The first-order chi connectivity index (χ1) is 11.7. The Hall–Kier alpha value is -2.89. The van der Waals surface area contributed by atoms with Crippen LogP contribution in [0, 0.1) is 0 Å². The minimum atomic E-state index is -0.182. The van der Waals surface area contributed by atoms with Crippen molar-refractivity contribution in [2.24, 2.45) is 0 Å². The van der Waals surface area contributed by atoms with Crippen LogP contribution in [0.4, 0.5) is 5.69 Å². The van der Waals surface area contributed by atoms with Crippen LogP contribution in [0.2, 0.25) is 0 Å². The number of nitrogens with zero attached hydrogens (tertiary/aromatic N) is 2. The second-order valence-electron chi connectivity index (χ2n) is 5.98. The third-order valence-electron chi connectivity index (χ3n) is 4.47. The number of amides is 2. The molecule has 0 aliphatic carbocycles. The smallest absolute Gasteiger partial charge is 0.262 e. The molecule has 0 spiro atoms. The number of carbonyl (C=O) groups is 2. The van der Waals surface area contributed by atoms with E-state index in [-0.39, 0.29) is 24.5 Å². The van der Waals surface area contributed by atoms with E-state index in [4.69, 9.17) is 4.74 Å². The second kappa shape index (κ2) is 5.96. The molecule has 3 heterocycles. The van der Waals surface area contributed by atoms with Crippen LogP contribution in [-0.4, -0.2) is 34.8 Å². The largest absolute Gasteiger partial charge is 0.482 e. The maximum atomic E-state index is 12.9. The normalized spacial score (nSPS) is 19.4. The number of benzene rings is 1. The fourth-order valence-electron chi connectivity index (χ4n) is 3.32. The predicted octanol–water partition coefficient (Wildman–Crippen LogP) is 2.39. The highest BCUT2D eigenvalue weighted by Crippen LogP contribution is 2.34. The van der Waals surface area contributed by atoms with E-state index in [1.165, 1.54) is 0 Å². The van der Waals surface area contributed by atoms with E-state index in [9.17, 15) is 9.59 Å². The van der Waals surface area contributed by atoms with Crippen LogP contribution in [-0.2, 0) is 4.79 Å². The maximum Gasteiger partial charge on any atom is 0.262 e. The monoisotopic (exact) mass is 323 g/mol. The number of pyridine rings is 1. The lowest BCUT2D eigenvalue weighted by atomic mass is 10.1. The van der Waals surface area contributed by atoms with Gasteiger partial charge >= 0.3 is 0 Å². The van der Waals surface area contributed by atoms with Crippen LogP contribution in [0.15, 0.2) is 42.7 Å². The highest BCUT2D eigenvalue weighted by atomic mass is 16.5. The Morgan fingerprint density at radius 3 is 2.92 bits per heavy atom. The van der Waals surface area contributed by atoms with Crippen LogP contribution in [0.5, 0.6) is 5.75 Å². The summed E-state index contributed by atoms with van der Waals surface area (Å²) >= 11 is 0. The van der Waals surface area contributed by atoms with Crippen LogP contribution in [0.25, 0.3) is 0 Å². The summed E-state index contributed by atoms with van der Waals surface area (Å²) in [6, 6.07) is 9.16. The number of rotatable bonds is 2. The summed E-state index contributed by atoms with van der Waals surface area (Å²) in [5, 5.41) is 2.73. The standard InChI is InChI=1S/C18H17N3O3/c22-17-11-24-16-10-13(3-4-14(16)20-17)18(23)21-9-1-2-15(21)12-5-7-19-8-6-12/h3-8,10,15H,1-2,9,11H2,(H,20,22). The fourth-order valence-corrected chi connectivity index (χ4v) is 3.32. The number of carbonyl (C=O) groups excluding carboxylic acids is 2. The quantitative estimate of drug-likeness (QED) is 0.921. The van der Waals surface area contributed by atoms with Crippen LogP contribution in [0.1, 0.15) is 34.8 Å². The molecule has 1 aromatic carbocycles. The Morgan fingerprint density at radius 2 is 2.08 bits per heavy atom. The lowest BCUT2D eigenvalue weighted by Gasteiger charge is -2.26. The van der Waals surface area contributed by atoms with Crippen molar-refractivity contribution in [2.75, 3.05) is 18.5 Å². The van der Waals surface area contributed by atoms with Crippen molar-refractivity contribution in [3.63, 3.8) is 0 Å². The van der Waals surface area contributed by atoms with Gasteiger partial charge in [-0.3, -0.25) is 14.6 Å². The Kier molecular flexibility index (Phi) is 3.65. The number of hydrogen-bond donors (Lipinski definition) is 1. The van der Waals surface area contributed by atoms with Gasteiger partial charge in [0.05, 0.1) is 11.7 Å². The average Bonchev–Trinajstić information content (AvgIpc) is 3.11. The summed E-state index contributed by atoms with van der Waals surface area (Å²) < 4.78 is 5.41. The van der Waals surface area contributed by atoms with Gasteiger partial charge in [-0.2, -0.15) is 0 Å². The Bertz CT molecular complexity index is 791. The van der Waals surface area contributed by atoms with Gasteiger partial charge in [0.2, 0.25) is 0 Å². The molecule has 1 atom stereocenters. The van der Waals surface area contributed by atoms with E-state index in [2.05, 4.69) is 10.3 Å². The number of aromatic nitrogens is 1. The van der Waals surface area contributed by atoms with Gasteiger partial charge in [-0.25, -0.2) is 0 Å². The zero-order valence-electron chi connectivity index (χ0n) is 13.1. The molecule has 2 aliphatic heterocycles. The van der Waals surface area contributed by atoms with Crippen molar-refractivity contribution in [1.82, 2.24) is 9.88 Å². The van der Waals surface area contributed by atoms with Gasteiger partial charge in [-0.15, -0.1) is 0 Å². The van der Waals surface area contributed by atoms with Gasteiger partial charge in [0.15, 0.2) is 6.61 Å². The first-order valence-corrected chi connectivity index (χ1v) is 8.00. The fraction of sp³-hybridized carbons (Fsp3) is 0.278. The van der Waals surface area contributed by atoms with Gasteiger partial charge in [0, 0.05) is 24.5 Å². The molecule has 2 aromatic rings. The first-order valence-electron chi connectivity index (χ1n) is 8.00. The topological polar surface area (TPSA) is 71.5 Å². The molecule has 24 heavy (non-hydrogen) atoms. The Balaban J connectivity index is 1.60. The van der Waals surface area contributed by atoms with Crippen molar-refractivity contribution in [3.05, 3.63) is 53.9 Å². The summed E-state index contributed by atoms with van der Waals surface area (Å²) in [6.45, 7) is 0.717. The molecule has 0 saturated carbocycles. The summed E-state index contributed by atoms with van der Waals surface area (Å²) in [5.41, 5.74) is 2.29. The maximum absolute atomic E-state index is 12.9. The minimum Gasteiger partial charge on any atom is -0.482 e.